The van der Waals surface area contributed by atoms with Crippen LogP contribution in [-0.2, 0) is 4.79 Å². The predicted molar refractivity (Wildman–Crippen MR) is 85.2 cm³/mol. The Bertz CT molecular complexity index is 482. The number of likely N-dealkylation sites (N-methyl/N-ethyl adjacent to an activating group) is 1. The van der Waals surface area contributed by atoms with E-state index in [0.717, 1.165) is 0 Å². The molecule has 2 N–H and O–H groups in total. The monoisotopic (exact) mass is 314 g/mol. The largest absolute Gasteiger partial charge is 0.481 e. The highest BCUT2D eigenvalue weighted by Gasteiger charge is 2.20. The van der Waals surface area contributed by atoms with E-state index >= 15 is 0 Å². The molecule has 1 aromatic carbocycles. The molecule has 1 atom stereocenters. The van der Waals surface area contributed by atoms with Gasteiger partial charge in [-0.25, -0.2) is 0 Å². The molecule has 0 aliphatic heterocycles. The number of hydrogen-bond donors (Lipinski definition) is 1. The Hall–Kier alpha value is -1.33. The fraction of sp³-hybridized carbons (Fsp3) is 0.429. The van der Waals surface area contributed by atoms with Gasteiger partial charge in [-0.2, -0.15) is 0 Å². The first-order valence-corrected chi connectivity index (χ1v) is 7.22. The summed E-state index contributed by atoms with van der Waals surface area (Å²) in [5.74, 6) is 0.479. The molecule has 1 amide bonds. The number of thiocarbonyl (C=S) groups is 1. The third-order valence-corrected chi connectivity index (χ3v) is 3.22. The molecule has 1 aromatic rings. The van der Waals surface area contributed by atoms with Crippen molar-refractivity contribution in [1.29, 1.82) is 0 Å². The standard InChI is InChI=1S/C14H19ClN2O2S/c1-3-17(8-7-13(16)20)14(18)10(2)19-12-6-4-5-11(15)9-12/h4-6,9-10H,3,7-8H2,1-2H3,(H2,16,20). The molecule has 6 heteroatoms. The van der Waals surface area contributed by atoms with Gasteiger partial charge in [-0.15, -0.1) is 0 Å². The summed E-state index contributed by atoms with van der Waals surface area (Å²) in [6, 6.07) is 6.97. The van der Waals surface area contributed by atoms with Crippen molar-refractivity contribution in [3.8, 4) is 5.75 Å². The number of hydrogen-bond acceptors (Lipinski definition) is 3. The third kappa shape index (κ3) is 5.35. The second kappa shape index (κ2) is 8.07. The van der Waals surface area contributed by atoms with Gasteiger partial charge in [0.15, 0.2) is 6.10 Å². The molecule has 4 nitrogen and oxygen atoms in total. The second-order valence-corrected chi connectivity index (χ2v) is 5.31. The van der Waals surface area contributed by atoms with Crippen molar-refractivity contribution < 1.29 is 9.53 Å². The van der Waals surface area contributed by atoms with Crippen molar-refractivity contribution in [3.63, 3.8) is 0 Å². The number of carbonyl (C=O) groups excluding carboxylic acids is 1. The first-order chi connectivity index (χ1) is 9.43. The fourth-order valence-corrected chi connectivity index (χ4v) is 1.99. The molecule has 20 heavy (non-hydrogen) atoms. The Kier molecular flexibility index (Phi) is 6.75. The first-order valence-electron chi connectivity index (χ1n) is 6.43. The number of halogens is 1. The lowest BCUT2D eigenvalue weighted by atomic mass is 10.3. The zero-order valence-electron chi connectivity index (χ0n) is 11.6. The number of nitrogens with two attached hydrogens (primary N) is 1. The minimum Gasteiger partial charge on any atom is -0.481 e. The van der Waals surface area contributed by atoms with Crippen LogP contribution in [0.15, 0.2) is 24.3 Å². The summed E-state index contributed by atoms with van der Waals surface area (Å²) in [6.45, 7) is 4.72. The zero-order valence-corrected chi connectivity index (χ0v) is 13.2. The van der Waals surface area contributed by atoms with Crippen molar-refractivity contribution in [3.05, 3.63) is 29.3 Å². The fourth-order valence-electron chi connectivity index (χ4n) is 1.72. The summed E-state index contributed by atoms with van der Waals surface area (Å²) >= 11 is 10.7. The van der Waals surface area contributed by atoms with Crippen LogP contribution in [0, 0.1) is 0 Å². The van der Waals surface area contributed by atoms with Crippen LogP contribution in [0.25, 0.3) is 0 Å². The number of amides is 1. The van der Waals surface area contributed by atoms with Crippen LogP contribution in [0.3, 0.4) is 0 Å². The Morgan fingerprint density at radius 1 is 1.55 bits per heavy atom. The van der Waals surface area contributed by atoms with Crippen molar-refractivity contribution in [2.75, 3.05) is 13.1 Å². The van der Waals surface area contributed by atoms with Crippen molar-refractivity contribution >= 4 is 34.7 Å². The molecular weight excluding hydrogens is 296 g/mol. The van der Waals surface area contributed by atoms with Crippen molar-refractivity contribution in [2.24, 2.45) is 5.73 Å². The normalized spacial score (nSPS) is 11.8. The molecule has 0 radical (unpaired) electrons. The highest BCUT2D eigenvalue weighted by atomic mass is 35.5. The Morgan fingerprint density at radius 3 is 2.80 bits per heavy atom. The molecule has 0 aliphatic carbocycles. The lowest BCUT2D eigenvalue weighted by molar-refractivity contribution is -0.137. The van der Waals surface area contributed by atoms with Gasteiger partial charge in [-0.05, 0) is 32.0 Å². The van der Waals surface area contributed by atoms with Crippen LogP contribution in [-0.4, -0.2) is 35.0 Å². The molecule has 0 aliphatic rings. The van der Waals surface area contributed by atoms with E-state index in [2.05, 4.69) is 0 Å². The molecule has 0 spiro atoms. The lowest BCUT2D eigenvalue weighted by Crippen LogP contribution is -2.41. The first kappa shape index (κ1) is 16.7. The number of ether oxygens (including phenoxy) is 1. The molecular formula is C14H19ClN2O2S. The summed E-state index contributed by atoms with van der Waals surface area (Å²) in [7, 11) is 0. The maximum Gasteiger partial charge on any atom is 0.263 e. The van der Waals surface area contributed by atoms with E-state index < -0.39 is 6.10 Å². The number of nitrogens with zero attached hydrogens (tertiary/aromatic N) is 1. The molecule has 0 heterocycles. The quantitative estimate of drug-likeness (QED) is 0.786. The van der Waals surface area contributed by atoms with Gasteiger partial charge < -0.3 is 15.4 Å². The van der Waals surface area contributed by atoms with E-state index in [1.54, 1.807) is 36.1 Å². The summed E-state index contributed by atoms with van der Waals surface area (Å²) in [6.07, 6.45) is -0.0709. The highest BCUT2D eigenvalue weighted by molar-refractivity contribution is 7.80. The van der Waals surface area contributed by atoms with E-state index in [4.69, 9.17) is 34.3 Å². The maximum absolute atomic E-state index is 12.3. The molecule has 1 unspecified atom stereocenters. The Balaban J connectivity index is 2.62. The van der Waals surface area contributed by atoms with E-state index in [1.807, 2.05) is 6.92 Å². The topological polar surface area (TPSA) is 55.6 Å². The van der Waals surface area contributed by atoms with Gasteiger partial charge in [0.2, 0.25) is 0 Å². The zero-order chi connectivity index (χ0) is 15.1. The van der Waals surface area contributed by atoms with Gasteiger partial charge >= 0.3 is 0 Å². The second-order valence-electron chi connectivity index (χ2n) is 4.35. The Labute approximate surface area is 129 Å². The van der Waals surface area contributed by atoms with Gasteiger partial charge in [0.05, 0.1) is 4.99 Å². The predicted octanol–water partition coefficient (Wildman–Crippen LogP) is 2.63. The molecule has 110 valence electrons. The summed E-state index contributed by atoms with van der Waals surface area (Å²) in [5, 5.41) is 0.572. The highest BCUT2D eigenvalue weighted by Crippen LogP contribution is 2.18. The van der Waals surface area contributed by atoms with Gasteiger partial charge in [-0.3, -0.25) is 4.79 Å². The third-order valence-electron chi connectivity index (χ3n) is 2.78. The summed E-state index contributed by atoms with van der Waals surface area (Å²) < 4.78 is 5.61. The summed E-state index contributed by atoms with van der Waals surface area (Å²) in [5.41, 5.74) is 5.46. The van der Waals surface area contributed by atoms with E-state index in [9.17, 15) is 4.79 Å². The number of carbonyl (C=O) groups is 1. The van der Waals surface area contributed by atoms with Crippen LogP contribution >= 0.6 is 23.8 Å². The van der Waals surface area contributed by atoms with E-state index in [-0.39, 0.29) is 5.91 Å². The van der Waals surface area contributed by atoms with Gasteiger partial charge in [0.25, 0.3) is 5.91 Å². The molecule has 0 fully saturated rings. The summed E-state index contributed by atoms with van der Waals surface area (Å²) in [4.78, 5) is 14.3. The number of rotatable bonds is 7. The van der Waals surface area contributed by atoms with E-state index in [1.165, 1.54) is 0 Å². The van der Waals surface area contributed by atoms with Gasteiger partial charge in [-0.1, -0.05) is 29.9 Å². The lowest BCUT2D eigenvalue weighted by Gasteiger charge is -2.24. The van der Waals surface area contributed by atoms with Crippen LogP contribution in [0.4, 0.5) is 0 Å². The SMILES string of the molecule is CCN(CCC(N)=S)C(=O)C(C)Oc1cccc(Cl)c1. The van der Waals surface area contributed by atoms with Crippen LogP contribution in [0.2, 0.25) is 5.02 Å². The molecule has 0 aromatic heterocycles. The average molecular weight is 315 g/mol. The minimum atomic E-state index is -0.584. The van der Waals surface area contributed by atoms with Gasteiger partial charge in [0.1, 0.15) is 5.75 Å². The van der Waals surface area contributed by atoms with Crippen LogP contribution in [0.1, 0.15) is 20.3 Å². The smallest absolute Gasteiger partial charge is 0.263 e. The van der Waals surface area contributed by atoms with Gasteiger partial charge in [0, 0.05) is 24.5 Å². The van der Waals surface area contributed by atoms with Crippen LogP contribution < -0.4 is 10.5 Å². The molecule has 0 saturated heterocycles. The van der Waals surface area contributed by atoms with Crippen LogP contribution in [0.5, 0.6) is 5.75 Å². The molecule has 0 saturated carbocycles. The maximum atomic E-state index is 12.3. The molecule has 1 rings (SSSR count). The van der Waals surface area contributed by atoms with Crippen molar-refractivity contribution in [2.45, 2.75) is 26.4 Å². The molecule has 0 bridgehead atoms. The average Bonchev–Trinajstić information content (AvgIpc) is 2.38. The number of benzene rings is 1. The minimum absolute atomic E-state index is 0.0938. The van der Waals surface area contributed by atoms with Crippen molar-refractivity contribution in [1.82, 2.24) is 4.90 Å². The van der Waals surface area contributed by atoms with E-state index in [0.29, 0.717) is 35.3 Å². The Morgan fingerprint density at radius 2 is 2.25 bits per heavy atom.